The lowest BCUT2D eigenvalue weighted by atomic mass is 9.91. The number of aromatic nitrogens is 8. The van der Waals surface area contributed by atoms with Crippen LogP contribution in [0.2, 0.25) is 5.02 Å². The minimum Gasteiger partial charge on any atom is -0.537 e. The van der Waals surface area contributed by atoms with E-state index >= 15 is 0 Å². The molecule has 0 unspecified atom stereocenters. The van der Waals surface area contributed by atoms with Gasteiger partial charge in [0.25, 0.3) is 0 Å². The van der Waals surface area contributed by atoms with Crippen LogP contribution in [-0.2, 0) is 4.74 Å². The third-order valence-corrected chi connectivity index (χ3v) is 19.5. The zero-order valence-electron chi connectivity index (χ0n) is 57.5. The number of pyridine rings is 2. The maximum Gasteiger partial charge on any atom is 0.569 e. The van der Waals surface area contributed by atoms with Crippen LogP contribution in [0.4, 0.5) is 0 Å². The van der Waals surface area contributed by atoms with Gasteiger partial charge in [0.05, 0.1) is 0 Å². The molecule has 1 saturated heterocycles. The molecule has 0 spiro atoms. The molecule has 0 bridgehead atoms. The molecule has 6 aromatic heterocycles. The number of fused-ring (bicyclic) bond motifs is 14. The quantitative estimate of drug-likeness (QED) is 0.107. The molecule has 20 aromatic rings. The molecule has 1 aliphatic heterocycles. The number of hydrogen-bond donors (Lipinski definition) is 1. The smallest absolute Gasteiger partial charge is 0.537 e. The van der Waals surface area contributed by atoms with E-state index in [1.807, 2.05) is 213 Å². The van der Waals surface area contributed by atoms with Gasteiger partial charge in [-0.1, -0.05) is 230 Å². The van der Waals surface area contributed by atoms with Crippen LogP contribution in [0.3, 0.4) is 0 Å². The molecule has 14 aromatic carbocycles. The average molecular weight is 1400 g/mol. The molecule has 1 fully saturated rings. The van der Waals surface area contributed by atoms with E-state index in [2.05, 4.69) is 107 Å². The highest BCUT2D eigenvalue weighted by atomic mass is 35.5. The fourth-order valence-corrected chi connectivity index (χ4v) is 14.5. The molecule has 1 radical (unpaired) electrons. The van der Waals surface area contributed by atoms with Crippen molar-refractivity contribution in [1.29, 1.82) is 0 Å². The summed E-state index contributed by atoms with van der Waals surface area (Å²) in [6.07, 6.45) is 9.90. The number of ether oxygens (including phenoxy) is 1. The Balaban J connectivity index is 0.000000121. The highest BCUT2D eigenvalue weighted by Crippen LogP contribution is 2.45. The predicted molar refractivity (Wildman–Crippen MR) is 433 cm³/mol. The van der Waals surface area contributed by atoms with Crippen molar-refractivity contribution >= 4 is 128 Å². The number of benzene rings is 14. The molecule has 0 aliphatic carbocycles. The predicted octanol–water partition coefficient (Wildman–Crippen LogP) is 23.0. The summed E-state index contributed by atoms with van der Waals surface area (Å²) in [5.41, 5.74) is 10.5. The molecule has 21 rings (SSSR count). The SMILES string of the molecule is C1CCOC1.Clc1cc(-c2nc(-c3ccccc3)nc(-c3ccccc3)n2)c2c(c1)oc1cc3ccncc3cc12.O[B]Oc1cc2ccccc2c2ccccc12.c1ccc(-c2nc(-c3ccccc3)nc(-c3cc(-c4cc5ccccc5c5ccccc45)cc4oc5cc6ccncc6cc5c34)n2)cc1. The summed E-state index contributed by atoms with van der Waals surface area (Å²) in [6, 6.07) is 98.0. The lowest BCUT2D eigenvalue weighted by molar-refractivity contribution is 0.198. The van der Waals surface area contributed by atoms with E-state index in [4.69, 9.17) is 64.8 Å². The van der Waals surface area contributed by atoms with Gasteiger partial charge in [0, 0.05) is 120 Å². The topological polar surface area (TPSA) is 168 Å². The molecule has 7 heterocycles. The van der Waals surface area contributed by atoms with Gasteiger partial charge in [-0.25, -0.2) is 29.9 Å². The zero-order chi connectivity index (χ0) is 71.6. The van der Waals surface area contributed by atoms with Gasteiger partial charge in [-0.15, -0.1) is 0 Å². The van der Waals surface area contributed by atoms with E-state index in [0.717, 1.165) is 141 Å². The summed E-state index contributed by atoms with van der Waals surface area (Å²) in [7, 11) is 0.719. The lowest BCUT2D eigenvalue weighted by Gasteiger charge is -2.14. The van der Waals surface area contributed by atoms with Crippen LogP contribution >= 0.6 is 11.6 Å². The summed E-state index contributed by atoms with van der Waals surface area (Å²) < 4.78 is 23.1. The van der Waals surface area contributed by atoms with E-state index in [9.17, 15) is 0 Å². The summed E-state index contributed by atoms with van der Waals surface area (Å²) in [6.45, 7) is 2.00. The molecule has 1 aliphatic rings. The van der Waals surface area contributed by atoms with Crippen molar-refractivity contribution in [2.45, 2.75) is 12.8 Å². The van der Waals surface area contributed by atoms with Crippen LogP contribution in [0.25, 0.3) is 188 Å². The third kappa shape index (κ3) is 13.1. The van der Waals surface area contributed by atoms with Crippen molar-refractivity contribution in [3.63, 3.8) is 0 Å². The van der Waals surface area contributed by atoms with Crippen molar-refractivity contribution in [3.05, 3.63) is 321 Å². The number of nitrogens with zero attached hydrogens (tertiary/aromatic N) is 8. The first-order valence-electron chi connectivity index (χ1n) is 35.3. The Hall–Kier alpha value is -13.4. The summed E-state index contributed by atoms with van der Waals surface area (Å²) in [5, 5.41) is 26.6. The van der Waals surface area contributed by atoms with E-state index in [1.165, 1.54) is 39.8 Å². The van der Waals surface area contributed by atoms with Gasteiger partial charge < -0.3 is 23.2 Å². The summed E-state index contributed by atoms with van der Waals surface area (Å²) in [4.78, 5) is 38.6. The molecule has 509 valence electrons. The molecule has 13 nitrogen and oxygen atoms in total. The Bertz CT molecular complexity index is 6600. The van der Waals surface area contributed by atoms with Gasteiger partial charge in [0.1, 0.15) is 28.1 Å². The molecule has 0 saturated carbocycles. The molecular weight excluding hydrogens is 1340 g/mol. The zero-order valence-corrected chi connectivity index (χ0v) is 58.2. The van der Waals surface area contributed by atoms with Gasteiger partial charge in [0.15, 0.2) is 34.9 Å². The van der Waals surface area contributed by atoms with Crippen LogP contribution in [0, 0.1) is 0 Å². The number of halogens is 1. The second-order valence-electron chi connectivity index (χ2n) is 26.0. The fraction of sp³-hybridized carbons (Fsp3) is 0.0435. The first kappa shape index (κ1) is 65.6. The minimum absolute atomic E-state index is 0.532. The fourth-order valence-electron chi connectivity index (χ4n) is 14.3. The minimum atomic E-state index is 0.532. The van der Waals surface area contributed by atoms with Crippen LogP contribution in [0.15, 0.2) is 325 Å². The monoisotopic (exact) mass is 1400 g/mol. The van der Waals surface area contributed by atoms with Crippen LogP contribution in [0.1, 0.15) is 12.8 Å². The molecule has 0 atom stereocenters. The molecule has 107 heavy (non-hydrogen) atoms. The molecule has 15 heteroatoms. The highest BCUT2D eigenvalue weighted by Gasteiger charge is 2.24. The van der Waals surface area contributed by atoms with Crippen molar-refractivity contribution < 1.29 is 23.2 Å². The van der Waals surface area contributed by atoms with Gasteiger partial charge in [-0.3, -0.25) is 9.97 Å². The second-order valence-corrected chi connectivity index (χ2v) is 26.5. The number of hydrogen-bond acceptors (Lipinski definition) is 13. The van der Waals surface area contributed by atoms with Gasteiger partial charge in [-0.2, -0.15) is 0 Å². The summed E-state index contributed by atoms with van der Waals surface area (Å²) in [5.74, 6) is 4.19. The number of furan rings is 2. The Morgan fingerprint density at radius 3 is 1.18 bits per heavy atom. The standard InChI is InChI=1S/C44H26N4O.C30H17ClN4O.C14H10BO2.C4H8O/c1-3-11-27(12-4-1)42-46-43(28-13-5-2-6-14-28)48-44(47-42)38-22-31(36-21-30-15-7-8-16-33(30)34-17-9-10-18-35(34)36)25-40-41(38)37-23-32-26-45-20-19-29(32)24-39(37)49-40;31-22-15-24(27-23-13-21-17-32-12-11-20(21)14-25(23)36-26(27)16-22)30-34-28(18-7-3-1-4-8-18)33-29(35-30)19-9-5-2-6-10-19;16-15-17-14-9-10-5-1-2-6-11(10)12-7-3-4-8-13(12)14;1-2-4-5-3-1/h1-26H;1-17H;1-9,16H;1-4H2. The first-order chi connectivity index (χ1) is 52.9. The largest absolute Gasteiger partial charge is 0.569 e. The normalized spacial score (nSPS) is 12.0. The average Bonchev–Trinajstić information content (AvgIpc) is 1.64. The Kier molecular flexibility index (Phi) is 17.8. The molecular formula is C92H61BClN8O5. The first-order valence-corrected chi connectivity index (χ1v) is 35.7. The highest BCUT2D eigenvalue weighted by molar-refractivity contribution is 6.32. The van der Waals surface area contributed by atoms with E-state index in [-0.39, 0.29) is 0 Å². The van der Waals surface area contributed by atoms with E-state index in [0.29, 0.717) is 51.3 Å². The van der Waals surface area contributed by atoms with Crippen molar-refractivity contribution in [2.75, 3.05) is 13.2 Å². The Morgan fingerprint density at radius 1 is 0.308 bits per heavy atom. The van der Waals surface area contributed by atoms with Crippen molar-refractivity contribution in [1.82, 2.24) is 39.9 Å². The lowest BCUT2D eigenvalue weighted by Crippen LogP contribution is -2.00. The van der Waals surface area contributed by atoms with Crippen molar-refractivity contribution in [3.8, 4) is 85.2 Å². The maximum absolute atomic E-state index is 8.80. The van der Waals surface area contributed by atoms with Gasteiger partial charge in [0.2, 0.25) is 0 Å². The maximum atomic E-state index is 8.80. The Morgan fingerprint density at radius 2 is 0.710 bits per heavy atom. The van der Waals surface area contributed by atoms with Crippen LogP contribution in [-0.4, -0.2) is 65.8 Å². The van der Waals surface area contributed by atoms with Crippen LogP contribution in [0.5, 0.6) is 5.75 Å². The van der Waals surface area contributed by atoms with Crippen molar-refractivity contribution in [2.24, 2.45) is 0 Å². The number of rotatable bonds is 9. The second kappa shape index (κ2) is 29.0. The van der Waals surface area contributed by atoms with Gasteiger partial charge >= 0.3 is 7.69 Å². The summed E-state index contributed by atoms with van der Waals surface area (Å²) >= 11 is 6.58. The van der Waals surface area contributed by atoms with Gasteiger partial charge in [-0.05, 0) is 139 Å². The molecule has 1 N–H and O–H groups in total. The van der Waals surface area contributed by atoms with Crippen LogP contribution < -0.4 is 4.65 Å². The van der Waals surface area contributed by atoms with E-state index < -0.39 is 0 Å². The Labute approximate surface area is 619 Å². The van der Waals surface area contributed by atoms with E-state index in [1.54, 1.807) is 6.20 Å². The third-order valence-electron chi connectivity index (χ3n) is 19.3. The molecule has 0 amide bonds.